The van der Waals surface area contributed by atoms with Gasteiger partial charge in [0.05, 0.1) is 36.3 Å². The summed E-state index contributed by atoms with van der Waals surface area (Å²) in [5, 5.41) is 8.86. The van der Waals surface area contributed by atoms with Crippen molar-refractivity contribution in [2.45, 2.75) is 58.5 Å². The van der Waals surface area contributed by atoms with E-state index in [1.807, 2.05) is 0 Å². The molecular formula is C21H31N3O6S2. The monoisotopic (exact) mass is 485 g/mol. The molecule has 32 heavy (non-hydrogen) atoms. The molecule has 2 heterocycles. The molecule has 0 saturated carbocycles. The lowest BCUT2D eigenvalue weighted by Crippen LogP contribution is -2.46. The molecule has 1 aliphatic carbocycles. The molecule has 1 aliphatic heterocycles. The summed E-state index contributed by atoms with van der Waals surface area (Å²) in [6.07, 6.45) is 3.04. The Balaban J connectivity index is 1.59. The average Bonchev–Trinajstić information content (AvgIpc) is 3.24. The summed E-state index contributed by atoms with van der Waals surface area (Å²) in [6, 6.07) is -1.08. The summed E-state index contributed by atoms with van der Waals surface area (Å²) < 4.78 is 28.2. The first-order valence-electron chi connectivity index (χ1n) is 10.9. The van der Waals surface area contributed by atoms with E-state index in [1.54, 1.807) is 13.8 Å². The Labute approximate surface area is 192 Å². The molecule has 3 rings (SSSR count). The molecule has 9 nitrogen and oxygen atoms in total. The van der Waals surface area contributed by atoms with Gasteiger partial charge >= 0.3 is 5.97 Å². The Bertz CT molecular complexity index is 988. The summed E-state index contributed by atoms with van der Waals surface area (Å²) in [7, 11) is -3.08. The minimum atomic E-state index is -3.08. The number of amides is 2. The Hall–Kier alpha value is -1.98. The Kier molecular flexibility index (Phi) is 7.94. The molecule has 0 spiro atoms. The van der Waals surface area contributed by atoms with Crippen LogP contribution in [0.4, 0.5) is 5.00 Å². The van der Waals surface area contributed by atoms with Crippen molar-refractivity contribution in [1.82, 2.24) is 10.6 Å². The minimum Gasteiger partial charge on any atom is -0.462 e. The van der Waals surface area contributed by atoms with Crippen molar-refractivity contribution >= 4 is 44.0 Å². The molecule has 0 radical (unpaired) electrons. The quantitative estimate of drug-likeness (QED) is 0.473. The highest BCUT2D eigenvalue weighted by Gasteiger charge is 2.31. The number of thiophene rings is 1. The van der Waals surface area contributed by atoms with E-state index in [-0.39, 0.29) is 42.5 Å². The SMILES string of the molecule is CCOC(=O)c1c(NC(=O)[C@H](C)NCC(=O)N[C@H]2CCS(=O)(=O)C2)sc2c1CC[C@H](C)C2. The fourth-order valence-corrected chi connectivity index (χ4v) is 7.08. The normalized spacial score (nSPS) is 22.6. The van der Waals surface area contributed by atoms with Gasteiger partial charge in [0.2, 0.25) is 11.8 Å². The second kappa shape index (κ2) is 10.3. The number of sulfone groups is 1. The van der Waals surface area contributed by atoms with Crippen molar-refractivity contribution in [3.05, 3.63) is 16.0 Å². The van der Waals surface area contributed by atoms with Gasteiger partial charge in [-0.2, -0.15) is 0 Å². The highest BCUT2D eigenvalue weighted by atomic mass is 32.2. The molecule has 11 heteroatoms. The summed E-state index contributed by atoms with van der Waals surface area (Å²) in [5.41, 5.74) is 1.41. The Morgan fingerprint density at radius 1 is 1.25 bits per heavy atom. The van der Waals surface area contributed by atoms with Gasteiger partial charge in [0.15, 0.2) is 9.84 Å². The number of ether oxygens (including phenoxy) is 1. The van der Waals surface area contributed by atoms with Crippen LogP contribution in [0.5, 0.6) is 0 Å². The largest absolute Gasteiger partial charge is 0.462 e. The number of hydrogen-bond donors (Lipinski definition) is 3. The van der Waals surface area contributed by atoms with Gasteiger partial charge in [0, 0.05) is 10.9 Å². The molecule has 1 aromatic rings. The number of rotatable bonds is 8. The minimum absolute atomic E-state index is 0.0485. The van der Waals surface area contributed by atoms with E-state index in [9.17, 15) is 22.8 Å². The molecule has 3 atom stereocenters. The van der Waals surface area contributed by atoms with E-state index < -0.39 is 21.8 Å². The maximum Gasteiger partial charge on any atom is 0.341 e. The predicted octanol–water partition coefficient (Wildman–Crippen LogP) is 1.27. The van der Waals surface area contributed by atoms with Crippen LogP contribution in [0.1, 0.15) is 54.4 Å². The smallest absolute Gasteiger partial charge is 0.341 e. The predicted molar refractivity (Wildman–Crippen MR) is 123 cm³/mol. The van der Waals surface area contributed by atoms with Crippen LogP contribution < -0.4 is 16.0 Å². The van der Waals surface area contributed by atoms with Gasteiger partial charge < -0.3 is 15.4 Å². The van der Waals surface area contributed by atoms with Crippen molar-refractivity contribution < 1.29 is 27.5 Å². The number of nitrogens with one attached hydrogen (secondary N) is 3. The molecule has 0 bridgehead atoms. The fourth-order valence-electron chi connectivity index (χ4n) is 4.00. The van der Waals surface area contributed by atoms with E-state index in [0.29, 0.717) is 22.9 Å². The van der Waals surface area contributed by atoms with Crippen LogP contribution in [0.2, 0.25) is 0 Å². The number of hydrogen-bond acceptors (Lipinski definition) is 8. The highest BCUT2D eigenvalue weighted by Crippen LogP contribution is 2.40. The number of carbonyl (C=O) groups is 3. The zero-order chi connectivity index (χ0) is 23.5. The maximum absolute atomic E-state index is 12.7. The zero-order valence-electron chi connectivity index (χ0n) is 18.7. The molecule has 3 N–H and O–H groups in total. The zero-order valence-corrected chi connectivity index (χ0v) is 20.3. The summed E-state index contributed by atoms with van der Waals surface area (Å²) >= 11 is 1.41. The molecule has 2 amide bonds. The van der Waals surface area contributed by atoms with Crippen molar-refractivity contribution in [3.8, 4) is 0 Å². The first-order chi connectivity index (χ1) is 15.1. The van der Waals surface area contributed by atoms with E-state index in [1.165, 1.54) is 11.3 Å². The number of esters is 1. The van der Waals surface area contributed by atoms with Gasteiger partial charge in [-0.3, -0.25) is 14.9 Å². The topological polar surface area (TPSA) is 131 Å². The average molecular weight is 486 g/mol. The van der Waals surface area contributed by atoms with Crippen molar-refractivity contribution in [2.75, 3.05) is 30.0 Å². The number of carbonyl (C=O) groups excluding carboxylic acids is 3. The molecule has 1 saturated heterocycles. The lowest BCUT2D eigenvalue weighted by Gasteiger charge is -2.18. The molecule has 178 valence electrons. The van der Waals surface area contributed by atoms with Crippen LogP contribution in [0, 0.1) is 5.92 Å². The third kappa shape index (κ3) is 6.08. The molecule has 1 fully saturated rings. The van der Waals surface area contributed by atoms with Crippen LogP contribution in [-0.4, -0.2) is 62.9 Å². The molecule has 0 aromatic carbocycles. The molecular weight excluding hydrogens is 454 g/mol. The van der Waals surface area contributed by atoms with Gasteiger partial charge in [-0.15, -0.1) is 11.3 Å². The lowest BCUT2D eigenvalue weighted by molar-refractivity contribution is -0.121. The molecule has 2 aliphatic rings. The van der Waals surface area contributed by atoms with Crippen molar-refractivity contribution in [2.24, 2.45) is 5.92 Å². The summed E-state index contributed by atoms with van der Waals surface area (Å²) in [6.45, 7) is 5.68. The van der Waals surface area contributed by atoms with E-state index in [2.05, 4.69) is 22.9 Å². The third-order valence-corrected chi connectivity index (χ3v) is 8.73. The van der Waals surface area contributed by atoms with Gasteiger partial charge in [0.1, 0.15) is 5.00 Å². The van der Waals surface area contributed by atoms with E-state index in [0.717, 1.165) is 29.7 Å². The lowest BCUT2D eigenvalue weighted by atomic mass is 9.88. The third-order valence-electron chi connectivity index (χ3n) is 5.79. The van der Waals surface area contributed by atoms with Gasteiger partial charge in [-0.25, -0.2) is 13.2 Å². The van der Waals surface area contributed by atoms with E-state index >= 15 is 0 Å². The summed E-state index contributed by atoms with van der Waals surface area (Å²) in [4.78, 5) is 38.5. The van der Waals surface area contributed by atoms with Gasteiger partial charge in [0.25, 0.3) is 0 Å². The van der Waals surface area contributed by atoms with Crippen molar-refractivity contribution in [3.63, 3.8) is 0 Å². The first-order valence-corrected chi connectivity index (χ1v) is 13.6. The second-order valence-electron chi connectivity index (χ2n) is 8.54. The van der Waals surface area contributed by atoms with Crippen LogP contribution >= 0.6 is 11.3 Å². The Morgan fingerprint density at radius 2 is 2.00 bits per heavy atom. The maximum atomic E-state index is 12.7. The number of fused-ring (bicyclic) bond motifs is 1. The standard InChI is InChI=1S/C21H31N3O6S2/c1-4-30-21(27)18-15-6-5-12(2)9-16(15)31-20(18)24-19(26)13(3)22-10-17(25)23-14-7-8-32(28,29)11-14/h12-14,22H,4-11H2,1-3H3,(H,23,25)(H,24,26)/t12-,13-,14-/m0/s1. The molecule has 0 unspecified atom stereocenters. The Morgan fingerprint density at radius 3 is 2.66 bits per heavy atom. The van der Waals surface area contributed by atoms with E-state index in [4.69, 9.17) is 4.74 Å². The number of anilines is 1. The highest BCUT2D eigenvalue weighted by molar-refractivity contribution is 7.91. The van der Waals surface area contributed by atoms with Crippen LogP contribution in [-0.2, 0) is 37.0 Å². The molecule has 1 aromatic heterocycles. The second-order valence-corrected chi connectivity index (χ2v) is 11.9. The summed E-state index contributed by atoms with van der Waals surface area (Å²) in [5.74, 6) is -0.600. The van der Waals surface area contributed by atoms with Crippen molar-refractivity contribution in [1.29, 1.82) is 0 Å². The first kappa shape index (κ1) is 24.7. The van der Waals surface area contributed by atoms with Crippen LogP contribution in [0.3, 0.4) is 0 Å². The van der Waals surface area contributed by atoms with Gasteiger partial charge in [-0.1, -0.05) is 6.92 Å². The van der Waals surface area contributed by atoms with Crippen LogP contribution in [0.15, 0.2) is 0 Å². The fraction of sp³-hybridized carbons (Fsp3) is 0.667. The van der Waals surface area contributed by atoms with Crippen LogP contribution in [0.25, 0.3) is 0 Å². The van der Waals surface area contributed by atoms with Gasteiger partial charge in [-0.05, 0) is 51.0 Å².